The van der Waals surface area contributed by atoms with Gasteiger partial charge in [-0.15, -0.1) is 0 Å². The summed E-state index contributed by atoms with van der Waals surface area (Å²) in [6, 6.07) is 2.81. The van der Waals surface area contributed by atoms with Crippen LogP contribution in [0.2, 0.25) is 0 Å². The Bertz CT molecular complexity index is 595. The van der Waals surface area contributed by atoms with E-state index in [1.807, 2.05) is 19.3 Å². The minimum Gasteiger partial charge on any atom is -0.357 e. The minimum absolute atomic E-state index is 0.451. The predicted octanol–water partition coefficient (Wildman–Crippen LogP) is 1.87. The van der Waals surface area contributed by atoms with Crippen molar-refractivity contribution in [2.24, 2.45) is 0 Å². The van der Waals surface area contributed by atoms with E-state index in [0.29, 0.717) is 24.0 Å². The van der Waals surface area contributed by atoms with Gasteiger partial charge in [0.05, 0.1) is 0 Å². The molecule has 0 aromatic carbocycles. The third kappa shape index (κ3) is 2.55. The highest BCUT2D eigenvalue weighted by atomic mass is 15.4. The van der Waals surface area contributed by atoms with Gasteiger partial charge in [0.15, 0.2) is 0 Å². The number of rotatable bonds is 4. The van der Waals surface area contributed by atoms with Crippen molar-refractivity contribution in [1.29, 1.82) is 0 Å². The van der Waals surface area contributed by atoms with E-state index >= 15 is 0 Å². The average molecular weight is 287 g/mol. The molecular weight excluding hydrogens is 266 g/mol. The van der Waals surface area contributed by atoms with Gasteiger partial charge in [-0.3, -0.25) is 0 Å². The van der Waals surface area contributed by atoms with Crippen molar-refractivity contribution >= 4 is 11.9 Å². The number of nitrogens with one attached hydrogen (secondary N) is 1. The lowest BCUT2D eigenvalue weighted by Crippen LogP contribution is -2.36. The Balaban J connectivity index is 2.03. The maximum atomic E-state index is 4.62. The van der Waals surface area contributed by atoms with E-state index in [-0.39, 0.29) is 0 Å². The second-order valence-corrected chi connectivity index (χ2v) is 5.36. The van der Waals surface area contributed by atoms with Crippen molar-refractivity contribution in [2.75, 3.05) is 17.3 Å². The smallest absolute Gasteiger partial charge is 0.257 e. The van der Waals surface area contributed by atoms with E-state index in [9.17, 15) is 0 Å². The molecule has 2 aromatic rings. The van der Waals surface area contributed by atoms with Crippen molar-refractivity contribution in [3.8, 4) is 5.95 Å². The van der Waals surface area contributed by atoms with Gasteiger partial charge in [0.1, 0.15) is 0 Å². The molecule has 1 aliphatic rings. The molecule has 2 unspecified atom stereocenters. The molecule has 112 valence electrons. The molecule has 7 nitrogen and oxygen atoms in total. The third-order valence-electron chi connectivity index (χ3n) is 4.03. The van der Waals surface area contributed by atoms with E-state index in [1.165, 1.54) is 12.8 Å². The van der Waals surface area contributed by atoms with Gasteiger partial charge >= 0.3 is 0 Å². The lowest BCUT2D eigenvalue weighted by Gasteiger charge is -2.28. The van der Waals surface area contributed by atoms with Crippen LogP contribution >= 0.6 is 0 Å². The third-order valence-corrected chi connectivity index (χ3v) is 4.03. The Labute approximate surface area is 124 Å². The normalized spacial score (nSPS) is 21.8. The van der Waals surface area contributed by atoms with Crippen LogP contribution in [0.25, 0.3) is 5.95 Å². The summed E-state index contributed by atoms with van der Waals surface area (Å²) in [4.78, 5) is 15.9. The van der Waals surface area contributed by atoms with Crippen LogP contribution in [0.1, 0.15) is 33.1 Å². The number of hydrogen-bond acceptors (Lipinski definition) is 6. The van der Waals surface area contributed by atoms with Crippen molar-refractivity contribution in [3.63, 3.8) is 0 Å². The zero-order valence-electron chi connectivity index (χ0n) is 12.7. The topological polar surface area (TPSA) is 71.8 Å². The summed E-state index contributed by atoms with van der Waals surface area (Å²) in [5.41, 5.74) is 0. The molecule has 0 saturated carbocycles. The fraction of sp³-hybridized carbons (Fsp3) is 0.571. The molecule has 1 N–H and O–H groups in total. The molecule has 0 amide bonds. The molecule has 0 radical (unpaired) electrons. The molecule has 3 heterocycles. The number of anilines is 2. The highest BCUT2D eigenvalue weighted by molar-refractivity contribution is 5.42. The zero-order valence-corrected chi connectivity index (χ0v) is 12.7. The van der Waals surface area contributed by atoms with Crippen molar-refractivity contribution in [2.45, 2.75) is 45.2 Å². The van der Waals surface area contributed by atoms with Crippen molar-refractivity contribution in [1.82, 2.24) is 24.7 Å². The number of nitrogens with zero attached hydrogens (tertiary/aromatic N) is 6. The van der Waals surface area contributed by atoms with Gasteiger partial charge in [0.2, 0.25) is 11.9 Å². The summed E-state index contributed by atoms with van der Waals surface area (Å²) >= 11 is 0. The van der Waals surface area contributed by atoms with Crippen LogP contribution in [-0.4, -0.2) is 43.9 Å². The first-order valence-corrected chi connectivity index (χ1v) is 7.45. The average Bonchev–Trinajstić information content (AvgIpc) is 3.15. The van der Waals surface area contributed by atoms with E-state index in [1.54, 1.807) is 10.9 Å². The summed E-state index contributed by atoms with van der Waals surface area (Å²) in [5.74, 6) is 1.85. The molecular formula is C14H21N7. The summed E-state index contributed by atoms with van der Waals surface area (Å²) in [6.45, 7) is 4.44. The van der Waals surface area contributed by atoms with E-state index in [4.69, 9.17) is 0 Å². The van der Waals surface area contributed by atoms with Gasteiger partial charge in [-0.05, 0) is 32.3 Å². The largest absolute Gasteiger partial charge is 0.357 e. The van der Waals surface area contributed by atoms with Crippen LogP contribution in [0, 0.1) is 0 Å². The monoisotopic (exact) mass is 287 g/mol. The van der Waals surface area contributed by atoms with Gasteiger partial charge in [-0.2, -0.15) is 20.1 Å². The lowest BCUT2D eigenvalue weighted by molar-refractivity contribution is 0.609. The van der Waals surface area contributed by atoms with E-state index in [0.717, 1.165) is 12.4 Å². The molecule has 21 heavy (non-hydrogen) atoms. The SMILES string of the molecule is CCC1CCC(C)N1c1nc(NC)nc(-n2cccn2)n1. The molecule has 7 heteroatoms. The van der Waals surface area contributed by atoms with Crippen LogP contribution in [0.3, 0.4) is 0 Å². The summed E-state index contributed by atoms with van der Waals surface area (Å²) in [6.07, 6.45) is 7.02. The zero-order chi connectivity index (χ0) is 14.8. The second-order valence-electron chi connectivity index (χ2n) is 5.36. The van der Waals surface area contributed by atoms with Crippen molar-refractivity contribution < 1.29 is 0 Å². The number of hydrogen-bond donors (Lipinski definition) is 1. The molecule has 0 aliphatic carbocycles. The van der Waals surface area contributed by atoms with Gasteiger partial charge in [0, 0.05) is 31.5 Å². The van der Waals surface area contributed by atoms with Gasteiger partial charge in [-0.25, -0.2) is 4.68 Å². The summed E-state index contributed by atoms with van der Waals surface area (Å²) < 4.78 is 1.66. The molecule has 1 aliphatic heterocycles. The molecule has 0 spiro atoms. The van der Waals surface area contributed by atoms with Crippen LogP contribution in [0.15, 0.2) is 18.5 Å². The Hall–Kier alpha value is -2.18. The second kappa shape index (κ2) is 5.67. The van der Waals surface area contributed by atoms with Gasteiger partial charge in [0.25, 0.3) is 5.95 Å². The van der Waals surface area contributed by atoms with E-state index < -0.39 is 0 Å². The van der Waals surface area contributed by atoms with Gasteiger partial charge in [-0.1, -0.05) is 6.92 Å². The fourth-order valence-corrected chi connectivity index (χ4v) is 2.90. The first-order chi connectivity index (χ1) is 10.2. The molecule has 1 saturated heterocycles. The Morgan fingerprint density at radius 2 is 2.05 bits per heavy atom. The predicted molar refractivity (Wildman–Crippen MR) is 81.7 cm³/mol. The van der Waals surface area contributed by atoms with Crippen LogP contribution in [0.5, 0.6) is 0 Å². The van der Waals surface area contributed by atoms with Crippen molar-refractivity contribution in [3.05, 3.63) is 18.5 Å². The van der Waals surface area contributed by atoms with Crippen LogP contribution < -0.4 is 10.2 Å². The summed E-state index contributed by atoms with van der Waals surface area (Å²) in [7, 11) is 1.82. The highest BCUT2D eigenvalue weighted by Gasteiger charge is 2.32. The molecule has 2 aromatic heterocycles. The Morgan fingerprint density at radius 3 is 2.71 bits per heavy atom. The molecule has 3 rings (SSSR count). The fourth-order valence-electron chi connectivity index (χ4n) is 2.90. The lowest BCUT2D eigenvalue weighted by atomic mass is 10.2. The molecule has 2 atom stereocenters. The quantitative estimate of drug-likeness (QED) is 0.925. The Kier molecular flexibility index (Phi) is 3.72. The maximum Gasteiger partial charge on any atom is 0.257 e. The van der Waals surface area contributed by atoms with Crippen LogP contribution in [-0.2, 0) is 0 Å². The number of aromatic nitrogens is 5. The maximum absolute atomic E-state index is 4.62. The Morgan fingerprint density at radius 1 is 1.24 bits per heavy atom. The van der Waals surface area contributed by atoms with Gasteiger partial charge < -0.3 is 10.2 Å². The molecule has 1 fully saturated rings. The van der Waals surface area contributed by atoms with E-state index in [2.05, 4.69) is 44.1 Å². The minimum atomic E-state index is 0.451. The van der Waals surface area contributed by atoms with Crippen LogP contribution in [0.4, 0.5) is 11.9 Å². The molecule has 0 bridgehead atoms. The summed E-state index contributed by atoms with van der Waals surface area (Å²) in [5, 5.41) is 7.22. The highest BCUT2D eigenvalue weighted by Crippen LogP contribution is 2.30. The first kappa shape index (κ1) is 13.8. The standard InChI is InChI=1S/C14H21N7/c1-4-11-7-6-10(2)21(11)14-18-12(15-3)17-13(19-14)20-9-5-8-16-20/h5,8-11H,4,6-7H2,1-3H3,(H,15,17,18,19). The first-order valence-electron chi connectivity index (χ1n) is 7.45.